The van der Waals surface area contributed by atoms with Gasteiger partial charge >= 0.3 is 0 Å². The van der Waals surface area contributed by atoms with Gasteiger partial charge in [-0.1, -0.05) is 62.4 Å². The van der Waals surface area contributed by atoms with Gasteiger partial charge < -0.3 is 4.74 Å². The lowest BCUT2D eigenvalue weighted by Crippen LogP contribution is -1.97. The van der Waals surface area contributed by atoms with Crippen molar-refractivity contribution in [2.75, 3.05) is 13.2 Å². The van der Waals surface area contributed by atoms with E-state index in [-0.39, 0.29) is 0 Å². The molecule has 0 spiro atoms. The van der Waals surface area contributed by atoms with Gasteiger partial charge in [0, 0.05) is 18.2 Å². The third-order valence-electron chi connectivity index (χ3n) is 3.33. The molecule has 2 heteroatoms. The summed E-state index contributed by atoms with van der Waals surface area (Å²) in [6.45, 7) is 4.08. The van der Waals surface area contributed by atoms with Crippen LogP contribution in [-0.2, 0) is 11.2 Å². The number of ether oxygens (including phenoxy) is 1. The third kappa shape index (κ3) is 8.28. The Morgan fingerprint density at radius 1 is 0.895 bits per heavy atom. The fourth-order valence-corrected chi connectivity index (χ4v) is 2.36. The Balaban J connectivity index is 1.90. The molecule has 1 nitrogen and oxygen atoms in total. The molecule has 0 aliphatic rings. The maximum absolute atomic E-state index is 6.12. The molecule has 0 heterocycles. The van der Waals surface area contributed by atoms with E-state index in [2.05, 4.69) is 19.1 Å². The van der Waals surface area contributed by atoms with Crippen LogP contribution >= 0.6 is 11.6 Å². The van der Waals surface area contributed by atoms with E-state index in [9.17, 15) is 0 Å². The second-order valence-electron chi connectivity index (χ2n) is 5.08. The van der Waals surface area contributed by atoms with Gasteiger partial charge in [0.05, 0.1) is 0 Å². The zero-order valence-corrected chi connectivity index (χ0v) is 12.9. The average Bonchev–Trinajstić information content (AvgIpc) is 2.43. The van der Waals surface area contributed by atoms with Crippen molar-refractivity contribution in [1.29, 1.82) is 0 Å². The molecular weight excluding hydrogens is 256 g/mol. The summed E-state index contributed by atoms with van der Waals surface area (Å²) in [5, 5.41) is 0.898. The Kier molecular flexibility index (Phi) is 9.84. The fourth-order valence-electron chi connectivity index (χ4n) is 2.13. The third-order valence-corrected chi connectivity index (χ3v) is 3.70. The second-order valence-corrected chi connectivity index (χ2v) is 5.48. The summed E-state index contributed by atoms with van der Waals surface area (Å²) >= 11 is 6.12. The largest absolute Gasteiger partial charge is 0.381 e. The summed E-state index contributed by atoms with van der Waals surface area (Å²) in [4.78, 5) is 0. The van der Waals surface area contributed by atoms with Gasteiger partial charge in [-0.3, -0.25) is 0 Å². The summed E-state index contributed by atoms with van der Waals surface area (Å²) in [5.74, 6) is 0. The standard InChI is InChI=1S/C17H27ClO/c1-2-3-4-9-14-19-15-10-5-6-11-16-12-7-8-13-17(16)18/h7-8,12-13H,2-6,9-11,14-15H2,1H3. The van der Waals surface area contributed by atoms with Gasteiger partial charge in [0.1, 0.15) is 0 Å². The highest BCUT2D eigenvalue weighted by atomic mass is 35.5. The van der Waals surface area contributed by atoms with E-state index in [1.807, 2.05) is 12.1 Å². The van der Waals surface area contributed by atoms with Crippen LogP contribution in [0.3, 0.4) is 0 Å². The Morgan fingerprint density at radius 3 is 2.26 bits per heavy atom. The quantitative estimate of drug-likeness (QED) is 0.477. The minimum absolute atomic E-state index is 0.898. The van der Waals surface area contributed by atoms with E-state index in [1.165, 1.54) is 44.1 Å². The van der Waals surface area contributed by atoms with Crippen molar-refractivity contribution in [1.82, 2.24) is 0 Å². The topological polar surface area (TPSA) is 9.23 Å². The molecule has 0 aliphatic heterocycles. The normalized spacial score (nSPS) is 10.8. The lowest BCUT2D eigenvalue weighted by atomic mass is 10.1. The molecule has 1 aromatic rings. The Labute approximate surface area is 123 Å². The van der Waals surface area contributed by atoms with E-state index in [0.29, 0.717) is 0 Å². The van der Waals surface area contributed by atoms with Gasteiger partial charge in [-0.05, 0) is 37.3 Å². The number of hydrogen-bond donors (Lipinski definition) is 0. The highest BCUT2D eigenvalue weighted by molar-refractivity contribution is 6.31. The number of rotatable bonds is 11. The summed E-state index contributed by atoms with van der Waals surface area (Å²) < 4.78 is 5.63. The van der Waals surface area contributed by atoms with Crippen LogP contribution in [0, 0.1) is 0 Å². The molecular formula is C17H27ClO. The first-order valence-electron chi connectivity index (χ1n) is 7.65. The van der Waals surface area contributed by atoms with E-state index >= 15 is 0 Å². The Morgan fingerprint density at radius 2 is 1.58 bits per heavy atom. The molecule has 19 heavy (non-hydrogen) atoms. The zero-order chi connectivity index (χ0) is 13.8. The minimum Gasteiger partial charge on any atom is -0.381 e. The molecule has 0 aliphatic carbocycles. The van der Waals surface area contributed by atoms with Gasteiger partial charge in [0.15, 0.2) is 0 Å². The molecule has 0 unspecified atom stereocenters. The SMILES string of the molecule is CCCCCCOCCCCCc1ccccc1Cl. The predicted molar refractivity (Wildman–Crippen MR) is 84.0 cm³/mol. The minimum atomic E-state index is 0.898. The molecule has 0 saturated carbocycles. The molecule has 0 bridgehead atoms. The lowest BCUT2D eigenvalue weighted by molar-refractivity contribution is 0.126. The zero-order valence-electron chi connectivity index (χ0n) is 12.2. The van der Waals surface area contributed by atoms with E-state index in [1.54, 1.807) is 0 Å². The maximum atomic E-state index is 6.12. The van der Waals surface area contributed by atoms with Crippen LogP contribution in [0.1, 0.15) is 57.4 Å². The van der Waals surface area contributed by atoms with Crippen molar-refractivity contribution in [3.05, 3.63) is 34.9 Å². The van der Waals surface area contributed by atoms with Gasteiger partial charge in [-0.15, -0.1) is 0 Å². The highest BCUT2D eigenvalue weighted by Gasteiger charge is 1.98. The van der Waals surface area contributed by atoms with Crippen LogP contribution in [0.4, 0.5) is 0 Å². The van der Waals surface area contributed by atoms with Crippen molar-refractivity contribution < 1.29 is 4.74 Å². The summed E-state index contributed by atoms with van der Waals surface area (Å²) in [5.41, 5.74) is 1.27. The van der Waals surface area contributed by atoms with Crippen LogP contribution < -0.4 is 0 Å². The number of benzene rings is 1. The molecule has 0 N–H and O–H groups in total. The van der Waals surface area contributed by atoms with Crippen LogP contribution in [0.2, 0.25) is 5.02 Å². The van der Waals surface area contributed by atoms with E-state index in [4.69, 9.17) is 16.3 Å². The number of unbranched alkanes of at least 4 members (excludes halogenated alkanes) is 5. The molecule has 108 valence electrons. The van der Waals surface area contributed by atoms with Gasteiger partial charge in [0.2, 0.25) is 0 Å². The summed E-state index contributed by atoms with van der Waals surface area (Å²) in [6.07, 6.45) is 9.82. The highest BCUT2D eigenvalue weighted by Crippen LogP contribution is 2.17. The first kappa shape index (κ1) is 16.5. The monoisotopic (exact) mass is 282 g/mol. The van der Waals surface area contributed by atoms with Crippen LogP contribution in [0.25, 0.3) is 0 Å². The lowest BCUT2D eigenvalue weighted by Gasteiger charge is -2.05. The first-order valence-corrected chi connectivity index (χ1v) is 8.03. The average molecular weight is 283 g/mol. The Hall–Kier alpha value is -0.530. The van der Waals surface area contributed by atoms with Crippen molar-refractivity contribution in [2.24, 2.45) is 0 Å². The summed E-state index contributed by atoms with van der Waals surface area (Å²) in [7, 11) is 0. The van der Waals surface area contributed by atoms with E-state index in [0.717, 1.165) is 31.1 Å². The maximum Gasteiger partial charge on any atom is 0.0466 e. The molecule has 0 radical (unpaired) electrons. The van der Waals surface area contributed by atoms with Crippen LogP contribution in [0.15, 0.2) is 24.3 Å². The Bertz CT molecular complexity index is 325. The second kappa shape index (κ2) is 11.3. The summed E-state index contributed by atoms with van der Waals surface area (Å²) in [6, 6.07) is 8.13. The first-order chi connectivity index (χ1) is 9.34. The van der Waals surface area contributed by atoms with Gasteiger partial charge in [-0.2, -0.15) is 0 Å². The van der Waals surface area contributed by atoms with Gasteiger partial charge in [-0.25, -0.2) is 0 Å². The van der Waals surface area contributed by atoms with E-state index < -0.39 is 0 Å². The molecule has 1 rings (SSSR count). The molecule has 1 aromatic carbocycles. The molecule has 0 atom stereocenters. The molecule has 0 amide bonds. The molecule has 0 aromatic heterocycles. The van der Waals surface area contributed by atoms with Crippen LogP contribution in [-0.4, -0.2) is 13.2 Å². The number of halogens is 1. The predicted octanol–water partition coefficient (Wildman–Crippen LogP) is 5.65. The van der Waals surface area contributed by atoms with Crippen molar-refractivity contribution >= 4 is 11.6 Å². The number of hydrogen-bond acceptors (Lipinski definition) is 1. The molecule has 0 fully saturated rings. The van der Waals surface area contributed by atoms with Crippen LogP contribution in [0.5, 0.6) is 0 Å². The van der Waals surface area contributed by atoms with Crippen molar-refractivity contribution in [3.63, 3.8) is 0 Å². The smallest absolute Gasteiger partial charge is 0.0466 e. The molecule has 0 saturated heterocycles. The van der Waals surface area contributed by atoms with Crippen molar-refractivity contribution in [2.45, 2.75) is 58.3 Å². The fraction of sp³-hybridized carbons (Fsp3) is 0.647. The van der Waals surface area contributed by atoms with Crippen molar-refractivity contribution in [3.8, 4) is 0 Å². The number of aryl methyl sites for hydroxylation is 1. The van der Waals surface area contributed by atoms with Gasteiger partial charge in [0.25, 0.3) is 0 Å².